The largest absolute Gasteiger partial charge is 0.463 e. The minimum absolute atomic E-state index is 0.0958. The number of fused-ring (bicyclic) bond motifs is 1. The quantitative estimate of drug-likeness (QED) is 0.543. The second-order valence-electron chi connectivity index (χ2n) is 5.25. The normalized spacial score (nSPS) is 10.7. The zero-order valence-electron chi connectivity index (χ0n) is 13.0. The number of aryl methyl sites for hydroxylation is 1. The van der Waals surface area contributed by atoms with Crippen LogP contribution in [0.3, 0.4) is 0 Å². The molecular weight excluding hydrogens is 292 g/mol. The number of carbonyl (C=O) groups excluding carboxylic acids is 1. The maximum absolute atomic E-state index is 12.8. The molecule has 0 aliphatic rings. The third kappa shape index (κ3) is 2.88. The molecule has 3 rings (SSSR count). The first-order valence-electron chi connectivity index (χ1n) is 7.42. The van der Waals surface area contributed by atoms with Gasteiger partial charge in [-0.3, -0.25) is 9.59 Å². The van der Waals surface area contributed by atoms with Crippen LogP contribution in [0.5, 0.6) is 5.75 Å². The minimum Gasteiger partial charge on any atom is -0.463 e. The van der Waals surface area contributed by atoms with Crippen LogP contribution >= 0.6 is 0 Å². The van der Waals surface area contributed by atoms with E-state index in [1.807, 2.05) is 37.3 Å². The Morgan fingerprint density at radius 2 is 1.91 bits per heavy atom. The van der Waals surface area contributed by atoms with Crippen molar-refractivity contribution in [1.82, 2.24) is 0 Å². The summed E-state index contributed by atoms with van der Waals surface area (Å²) in [6.07, 6.45) is 2.09. The predicted molar refractivity (Wildman–Crippen MR) is 88.6 cm³/mol. The van der Waals surface area contributed by atoms with Crippen molar-refractivity contribution in [2.45, 2.75) is 20.3 Å². The third-order valence-corrected chi connectivity index (χ3v) is 3.68. The van der Waals surface area contributed by atoms with Crippen molar-refractivity contribution in [3.63, 3.8) is 0 Å². The van der Waals surface area contributed by atoms with Crippen LogP contribution < -0.4 is 10.2 Å². The molecule has 0 spiro atoms. The molecule has 23 heavy (non-hydrogen) atoms. The lowest BCUT2D eigenvalue weighted by Gasteiger charge is -2.09. The SMILES string of the molecule is CCc1cc2c(=O)c(-c3ccccc3)coc2cc1OC(C)=O. The summed E-state index contributed by atoms with van der Waals surface area (Å²) in [5.41, 5.74) is 2.43. The third-order valence-electron chi connectivity index (χ3n) is 3.68. The first-order valence-corrected chi connectivity index (χ1v) is 7.42. The van der Waals surface area contributed by atoms with Gasteiger partial charge in [0.05, 0.1) is 10.9 Å². The summed E-state index contributed by atoms with van der Waals surface area (Å²) in [6, 6.07) is 12.7. The maximum Gasteiger partial charge on any atom is 0.308 e. The predicted octanol–water partition coefficient (Wildman–Crippen LogP) is 3.95. The summed E-state index contributed by atoms with van der Waals surface area (Å²) >= 11 is 0. The van der Waals surface area contributed by atoms with Gasteiger partial charge in [-0.2, -0.15) is 0 Å². The van der Waals surface area contributed by atoms with E-state index in [4.69, 9.17) is 9.15 Å². The van der Waals surface area contributed by atoms with Gasteiger partial charge < -0.3 is 9.15 Å². The fourth-order valence-electron chi connectivity index (χ4n) is 2.54. The van der Waals surface area contributed by atoms with Gasteiger partial charge in [0.2, 0.25) is 5.43 Å². The molecule has 0 saturated heterocycles. The van der Waals surface area contributed by atoms with Gasteiger partial charge in [-0.25, -0.2) is 0 Å². The van der Waals surface area contributed by atoms with Crippen LogP contribution in [-0.4, -0.2) is 5.97 Å². The van der Waals surface area contributed by atoms with Crippen LogP contribution in [0.1, 0.15) is 19.4 Å². The molecule has 0 bridgehead atoms. The summed E-state index contributed by atoms with van der Waals surface area (Å²) in [7, 11) is 0. The molecule has 116 valence electrons. The Bertz CT molecular complexity index is 923. The number of benzene rings is 2. The molecule has 0 aliphatic heterocycles. The Labute approximate surface area is 133 Å². The molecule has 0 N–H and O–H groups in total. The van der Waals surface area contributed by atoms with Crippen LogP contribution in [0.15, 0.2) is 57.9 Å². The van der Waals surface area contributed by atoms with Gasteiger partial charge in [0.15, 0.2) is 0 Å². The van der Waals surface area contributed by atoms with E-state index in [9.17, 15) is 9.59 Å². The zero-order valence-corrected chi connectivity index (χ0v) is 13.0. The molecule has 0 radical (unpaired) electrons. The van der Waals surface area contributed by atoms with E-state index in [-0.39, 0.29) is 5.43 Å². The highest BCUT2D eigenvalue weighted by Crippen LogP contribution is 2.27. The molecular formula is C19H16O4. The average Bonchev–Trinajstić information content (AvgIpc) is 2.55. The molecule has 0 fully saturated rings. The van der Waals surface area contributed by atoms with Gasteiger partial charge >= 0.3 is 5.97 Å². The second-order valence-corrected chi connectivity index (χ2v) is 5.25. The highest BCUT2D eigenvalue weighted by molar-refractivity contribution is 5.84. The van der Waals surface area contributed by atoms with Crippen molar-refractivity contribution in [2.24, 2.45) is 0 Å². The topological polar surface area (TPSA) is 56.5 Å². The molecule has 0 amide bonds. The standard InChI is InChI=1S/C19H16O4/c1-3-13-9-15-18(10-17(13)23-12(2)20)22-11-16(19(15)21)14-7-5-4-6-8-14/h4-11H,3H2,1-2H3. The van der Waals surface area contributed by atoms with Crippen LogP contribution in [0.2, 0.25) is 0 Å². The van der Waals surface area contributed by atoms with Crippen molar-refractivity contribution in [1.29, 1.82) is 0 Å². The molecule has 1 aromatic heterocycles. The summed E-state index contributed by atoms with van der Waals surface area (Å²) in [6.45, 7) is 3.29. The van der Waals surface area contributed by atoms with Crippen LogP contribution in [0, 0.1) is 0 Å². The molecule has 4 nitrogen and oxygen atoms in total. The lowest BCUT2D eigenvalue weighted by molar-refractivity contribution is -0.131. The summed E-state index contributed by atoms with van der Waals surface area (Å²) in [4.78, 5) is 24.0. The number of rotatable bonds is 3. The van der Waals surface area contributed by atoms with Gasteiger partial charge in [-0.05, 0) is 23.6 Å². The van der Waals surface area contributed by atoms with Crippen molar-refractivity contribution in [2.75, 3.05) is 0 Å². The lowest BCUT2D eigenvalue weighted by Crippen LogP contribution is -2.08. The Hall–Kier alpha value is -2.88. The van der Waals surface area contributed by atoms with Crippen LogP contribution in [0.25, 0.3) is 22.1 Å². The van der Waals surface area contributed by atoms with Crippen molar-refractivity contribution >= 4 is 16.9 Å². The molecule has 4 heteroatoms. The molecule has 2 aromatic carbocycles. The van der Waals surface area contributed by atoms with Crippen LogP contribution in [0.4, 0.5) is 0 Å². The molecule has 1 heterocycles. The van der Waals surface area contributed by atoms with E-state index in [1.165, 1.54) is 13.2 Å². The Kier molecular flexibility index (Phi) is 3.98. The first kappa shape index (κ1) is 15.0. The minimum atomic E-state index is -0.401. The summed E-state index contributed by atoms with van der Waals surface area (Å²) < 4.78 is 10.8. The summed E-state index contributed by atoms with van der Waals surface area (Å²) in [5, 5.41) is 0.485. The van der Waals surface area contributed by atoms with Gasteiger partial charge in [-0.15, -0.1) is 0 Å². The highest BCUT2D eigenvalue weighted by atomic mass is 16.5. The first-order chi connectivity index (χ1) is 11.1. The zero-order chi connectivity index (χ0) is 16.4. The second kappa shape index (κ2) is 6.08. The number of hydrogen-bond donors (Lipinski definition) is 0. The molecule has 3 aromatic rings. The molecule has 0 saturated carbocycles. The van der Waals surface area contributed by atoms with Gasteiger partial charge in [0.25, 0.3) is 0 Å². The summed E-state index contributed by atoms with van der Waals surface area (Å²) in [5.74, 6) is 0.0328. The highest BCUT2D eigenvalue weighted by Gasteiger charge is 2.13. The Morgan fingerprint density at radius 1 is 1.17 bits per heavy atom. The fourth-order valence-corrected chi connectivity index (χ4v) is 2.54. The van der Waals surface area contributed by atoms with Crippen LogP contribution in [-0.2, 0) is 11.2 Å². The number of ether oxygens (including phenoxy) is 1. The van der Waals surface area contributed by atoms with E-state index in [0.29, 0.717) is 28.7 Å². The Morgan fingerprint density at radius 3 is 2.57 bits per heavy atom. The smallest absolute Gasteiger partial charge is 0.308 e. The monoisotopic (exact) mass is 308 g/mol. The lowest BCUT2D eigenvalue weighted by atomic mass is 10.0. The van der Waals surface area contributed by atoms with Gasteiger partial charge in [0.1, 0.15) is 17.6 Å². The molecule has 0 aliphatic carbocycles. The number of hydrogen-bond acceptors (Lipinski definition) is 4. The van der Waals surface area contributed by atoms with Crippen molar-refractivity contribution < 1.29 is 13.9 Å². The van der Waals surface area contributed by atoms with E-state index < -0.39 is 5.97 Å². The fraction of sp³-hybridized carbons (Fsp3) is 0.158. The average molecular weight is 308 g/mol. The number of esters is 1. The number of carbonyl (C=O) groups is 1. The van der Waals surface area contributed by atoms with Gasteiger partial charge in [-0.1, -0.05) is 37.3 Å². The van der Waals surface area contributed by atoms with E-state index in [2.05, 4.69) is 0 Å². The molecule has 0 unspecified atom stereocenters. The van der Waals surface area contributed by atoms with Crippen molar-refractivity contribution in [3.05, 3.63) is 64.5 Å². The van der Waals surface area contributed by atoms with E-state index >= 15 is 0 Å². The molecule has 0 atom stereocenters. The van der Waals surface area contributed by atoms with E-state index in [0.717, 1.165) is 11.1 Å². The maximum atomic E-state index is 12.8. The van der Waals surface area contributed by atoms with Crippen molar-refractivity contribution in [3.8, 4) is 16.9 Å². The van der Waals surface area contributed by atoms with E-state index in [1.54, 1.807) is 12.1 Å². The Balaban J connectivity index is 2.22. The van der Waals surface area contributed by atoms with Gasteiger partial charge in [0, 0.05) is 13.0 Å².